The molecule has 1 saturated carbocycles. The molecule has 1 aromatic rings. The third-order valence-corrected chi connectivity index (χ3v) is 4.14. The lowest BCUT2D eigenvalue weighted by molar-refractivity contribution is -0.121. The minimum absolute atomic E-state index is 0.00931. The molecule has 0 unspecified atom stereocenters. The Kier molecular flexibility index (Phi) is 6.20. The fourth-order valence-corrected chi connectivity index (χ4v) is 2.91. The van der Waals surface area contributed by atoms with Crippen molar-refractivity contribution < 1.29 is 9.18 Å². The van der Waals surface area contributed by atoms with Crippen molar-refractivity contribution in [3.63, 3.8) is 0 Å². The maximum atomic E-state index is 13.4. The van der Waals surface area contributed by atoms with Crippen LogP contribution in [-0.2, 0) is 4.79 Å². The number of nitrogens with one attached hydrogen (secondary N) is 2. The van der Waals surface area contributed by atoms with Crippen LogP contribution in [0.5, 0.6) is 0 Å². The molecule has 5 heteroatoms. The lowest BCUT2D eigenvalue weighted by atomic mass is 10.0. The molecule has 1 aliphatic carbocycles. The topological polar surface area (TPSA) is 64.9 Å². The van der Waals surface area contributed by atoms with Crippen LogP contribution in [0.3, 0.4) is 0 Å². The number of anilines is 1. The van der Waals surface area contributed by atoms with E-state index >= 15 is 0 Å². The fourth-order valence-electron chi connectivity index (χ4n) is 2.91. The molecule has 1 aromatic carbocycles. The second-order valence-electron chi connectivity index (χ2n) is 5.74. The normalized spacial score (nSPS) is 14.5. The van der Waals surface area contributed by atoms with Crippen molar-refractivity contribution >= 4 is 11.6 Å². The second-order valence-corrected chi connectivity index (χ2v) is 5.74. The van der Waals surface area contributed by atoms with Crippen LogP contribution < -0.4 is 10.6 Å². The Labute approximate surface area is 130 Å². The summed E-state index contributed by atoms with van der Waals surface area (Å²) in [6.45, 7) is 0.929. The third-order valence-electron chi connectivity index (χ3n) is 4.14. The van der Waals surface area contributed by atoms with E-state index in [1.165, 1.54) is 31.7 Å². The summed E-state index contributed by atoms with van der Waals surface area (Å²) < 4.78 is 13.4. The van der Waals surface area contributed by atoms with Crippen LogP contribution in [0.4, 0.5) is 10.1 Å². The predicted molar refractivity (Wildman–Crippen MR) is 83.8 cm³/mol. The van der Waals surface area contributed by atoms with Gasteiger partial charge >= 0.3 is 0 Å². The van der Waals surface area contributed by atoms with Crippen LogP contribution in [0.1, 0.15) is 44.1 Å². The Morgan fingerprint density at radius 3 is 2.82 bits per heavy atom. The molecule has 22 heavy (non-hydrogen) atoms. The van der Waals surface area contributed by atoms with E-state index < -0.39 is 5.82 Å². The maximum Gasteiger partial charge on any atom is 0.220 e. The summed E-state index contributed by atoms with van der Waals surface area (Å²) in [5.74, 6) is 0.246. The van der Waals surface area contributed by atoms with E-state index in [9.17, 15) is 9.18 Å². The zero-order chi connectivity index (χ0) is 15.8. The number of amides is 1. The first-order valence-electron chi connectivity index (χ1n) is 7.90. The zero-order valence-corrected chi connectivity index (χ0v) is 12.7. The summed E-state index contributed by atoms with van der Waals surface area (Å²) in [5.41, 5.74) is 0.470. The highest BCUT2D eigenvalue weighted by atomic mass is 19.1. The SMILES string of the molecule is N#Cc1c(F)cccc1NCCNC(=O)CCC1CCCC1. The molecule has 0 atom stereocenters. The van der Waals surface area contributed by atoms with Gasteiger partial charge in [0, 0.05) is 19.5 Å². The van der Waals surface area contributed by atoms with Crippen molar-refractivity contribution in [2.75, 3.05) is 18.4 Å². The third kappa shape index (κ3) is 4.73. The van der Waals surface area contributed by atoms with Crippen molar-refractivity contribution in [1.82, 2.24) is 5.32 Å². The average Bonchev–Trinajstić information content (AvgIpc) is 3.03. The minimum atomic E-state index is -0.534. The molecule has 1 fully saturated rings. The van der Waals surface area contributed by atoms with E-state index in [2.05, 4.69) is 10.6 Å². The molecule has 0 saturated heterocycles. The van der Waals surface area contributed by atoms with Crippen LogP contribution in [0.25, 0.3) is 0 Å². The molecule has 0 aromatic heterocycles. The van der Waals surface area contributed by atoms with Crippen LogP contribution >= 0.6 is 0 Å². The molecule has 2 rings (SSSR count). The van der Waals surface area contributed by atoms with Crippen LogP contribution in [0, 0.1) is 23.1 Å². The van der Waals surface area contributed by atoms with Gasteiger partial charge in [-0.1, -0.05) is 31.7 Å². The van der Waals surface area contributed by atoms with Gasteiger partial charge in [-0.2, -0.15) is 5.26 Å². The zero-order valence-electron chi connectivity index (χ0n) is 12.7. The summed E-state index contributed by atoms with van der Waals surface area (Å²) in [6.07, 6.45) is 6.66. The molecule has 2 N–H and O–H groups in total. The van der Waals surface area contributed by atoms with Crippen molar-refractivity contribution in [2.45, 2.75) is 38.5 Å². The Morgan fingerprint density at radius 1 is 1.32 bits per heavy atom. The van der Waals surface area contributed by atoms with Gasteiger partial charge in [0.25, 0.3) is 0 Å². The van der Waals surface area contributed by atoms with Gasteiger partial charge in [0.15, 0.2) is 0 Å². The molecule has 1 amide bonds. The standard InChI is InChI=1S/C17H22FN3O/c18-15-6-3-7-16(14(15)12-19)20-10-11-21-17(22)9-8-13-4-1-2-5-13/h3,6-7,13,20H,1-2,4-5,8-11H2,(H,21,22). The Hall–Kier alpha value is -2.09. The number of rotatable bonds is 7. The van der Waals surface area contributed by atoms with Crippen LogP contribution in [0.15, 0.2) is 18.2 Å². The smallest absolute Gasteiger partial charge is 0.220 e. The number of nitriles is 1. The number of carbonyl (C=O) groups excluding carboxylic acids is 1. The number of carbonyl (C=O) groups is 1. The molecular weight excluding hydrogens is 281 g/mol. The Bertz CT molecular complexity index is 547. The fraction of sp³-hybridized carbons (Fsp3) is 0.529. The molecule has 4 nitrogen and oxygen atoms in total. The Balaban J connectivity index is 1.65. The Morgan fingerprint density at radius 2 is 2.09 bits per heavy atom. The first kappa shape index (κ1) is 16.3. The molecule has 1 aliphatic rings. The summed E-state index contributed by atoms with van der Waals surface area (Å²) in [4.78, 5) is 11.7. The van der Waals surface area contributed by atoms with E-state index in [0.29, 0.717) is 31.1 Å². The predicted octanol–water partition coefficient (Wildman–Crippen LogP) is 3.20. The maximum absolute atomic E-state index is 13.4. The number of benzene rings is 1. The van der Waals surface area contributed by atoms with E-state index in [0.717, 1.165) is 6.42 Å². The molecule has 0 bridgehead atoms. The lowest BCUT2D eigenvalue weighted by Crippen LogP contribution is -2.29. The number of hydrogen-bond donors (Lipinski definition) is 2. The number of halogens is 1. The highest BCUT2D eigenvalue weighted by molar-refractivity contribution is 5.75. The van der Waals surface area contributed by atoms with E-state index in [4.69, 9.17) is 5.26 Å². The van der Waals surface area contributed by atoms with Crippen molar-refractivity contribution in [3.8, 4) is 6.07 Å². The van der Waals surface area contributed by atoms with E-state index in [-0.39, 0.29) is 11.5 Å². The monoisotopic (exact) mass is 303 g/mol. The van der Waals surface area contributed by atoms with Crippen molar-refractivity contribution in [1.29, 1.82) is 5.26 Å². The van der Waals surface area contributed by atoms with Gasteiger partial charge in [0.2, 0.25) is 5.91 Å². The average molecular weight is 303 g/mol. The minimum Gasteiger partial charge on any atom is -0.382 e. The molecule has 0 radical (unpaired) electrons. The summed E-state index contributed by atoms with van der Waals surface area (Å²) in [6, 6.07) is 6.31. The largest absolute Gasteiger partial charge is 0.382 e. The quantitative estimate of drug-likeness (QED) is 0.760. The van der Waals surface area contributed by atoms with Gasteiger partial charge in [-0.3, -0.25) is 4.79 Å². The summed E-state index contributed by atoms with van der Waals surface area (Å²) in [5, 5.41) is 14.7. The second kappa shape index (κ2) is 8.38. The summed E-state index contributed by atoms with van der Waals surface area (Å²) in [7, 11) is 0. The van der Waals surface area contributed by atoms with Crippen molar-refractivity contribution in [2.24, 2.45) is 5.92 Å². The number of hydrogen-bond acceptors (Lipinski definition) is 3. The van der Waals surface area contributed by atoms with E-state index in [1.807, 2.05) is 6.07 Å². The van der Waals surface area contributed by atoms with Gasteiger partial charge in [0.1, 0.15) is 17.4 Å². The number of nitrogens with zero attached hydrogens (tertiary/aromatic N) is 1. The lowest BCUT2D eigenvalue weighted by Gasteiger charge is -2.11. The molecular formula is C17H22FN3O. The molecule has 0 spiro atoms. The van der Waals surface area contributed by atoms with Crippen LogP contribution in [-0.4, -0.2) is 19.0 Å². The van der Waals surface area contributed by atoms with Crippen molar-refractivity contribution in [3.05, 3.63) is 29.6 Å². The first-order chi connectivity index (χ1) is 10.7. The van der Waals surface area contributed by atoms with Gasteiger partial charge in [-0.05, 0) is 24.5 Å². The highest BCUT2D eigenvalue weighted by Crippen LogP contribution is 2.28. The molecule has 0 aliphatic heterocycles. The first-order valence-corrected chi connectivity index (χ1v) is 7.90. The van der Waals surface area contributed by atoms with Gasteiger partial charge < -0.3 is 10.6 Å². The molecule has 118 valence electrons. The van der Waals surface area contributed by atoms with Crippen LogP contribution in [0.2, 0.25) is 0 Å². The molecule has 0 heterocycles. The van der Waals surface area contributed by atoms with E-state index in [1.54, 1.807) is 12.1 Å². The summed E-state index contributed by atoms with van der Waals surface area (Å²) >= 11 is 0. The van der Waals surface area contributed by atoms with Gasteiger partial charge in [0.05, 0.1) is 5.69 Å². The van der Waals surface area contributed by atoms with Gasteiger partial charge in [-0.15, -0.1) is 0 Å². The van der Waals surface area contributed by atoms with Gasteiger partial charge in [-0.25, -0.2) is 4.39 Å². The highest BCUT2D eigenvalue weighted by Gasteiger charge is 2.15.